The monoisotopic (exact) mass is 285 g/mol. The van der Waals surface area contributed by atoms with Gasteiger partial charge in [0.15, 0.2) is 0 Å². The first kappa shape index (κ1) is 14.6. The van der Waals surface area contributed by atoms with E-state index in [-0.39, 0.29) is 0 Å². The molecule has 1 N–H and O–H groups in total. The van der Waals surface area contributed by atoms with Gasteiger partial charge in [-0.25, -0.2) is 0 Å². The molecule has 2 aromatic rings. The van der Waals surface area contributed by atoms with Crippen molar-refractivity contribution < 1.29 is 4.42 Å². The minimum absolute atomic E-state index is 0.601. The molecule has 0 spiro atoms. The molecule has 1 fully saturated rings. The van der Waals surface area contributed by atoms with E-state index in [1.807, 2.05) is 6.07 Å². The van der Waals surface area contributed by atoms with Crippen LogP contribution in [-0.2, 0) is 13.0 Å². The van der Waals surface area contributed by atoms with Gasteiger partial charge in [0, 0.05) is 30.0 Å². The van der Waals surface area contributed by atoms with Crippen LogP contribution < -0.4 is 5.32 Å². The molecule has 0 bridgehead atoms. The Labute approximate surface area is 127 Å². The summed E-state index contributed by atoms with van der Waals surface area (Å²) in [6.45, 7) is 5.45. The molecular weight excluding hydrogens is 258 g/mol. The average Bonchev–Trinajstić information content (AvgIpc) is 2.91. The predicted molar refractivity (Wildman–Crippen MR) is 88.5 cm³/mol. The van der Waals surface area contributed by atoms with E-state index >= 15 is 0 Å². The van der Waals surface area contributed by atoms with Gasteiger partial charge >= 0.3 is 0 Å². The highest BCUT2D eigenvalue weighted by Crippen LogP contribution is 2.28. The second-order valence-corrected chi connectivity index (χ2v) is 6.42. The molecule has 1 aliphatic carbocycles. The molecule has 1 saturated carbocycles. The van der Waals surface area contributed by atoms with Crippen LogP contribution in [0, 0.1) is 5.92 Å². The SMILES string of the molecule is CCc1oc2ccccc2c1CN[C@@H](C)C1CCCCC1. The molecule has 1 heterocycles. The first-order valence-corrected chi connectivity index (χ1v) is 8.52. The van der Waals surface area contributed by atoms with Crippen molar-refractivity contribution in [3.63, 3.8) is 0 Å². The van der Waals surface area contributed by atoms with E-state index in [1.165, 1.54) is 43.1 Å². The Morgan fingerprint density at radius 2 is 1.95 bits per heavy atom. The van der Waals surface area contributed by atoms with Crippen LogP contribution >= 0.6 is 0 Å². The molecular formula is C19H27NO. The summed E-state index contributed by atoms with van der Waals surface area (Å²) >= 11 is 0. The lowest BCUT2D eigenvalue weighted by Crippen LogP contribution is -2.34. The summed E-state index contributed by atoms with van der Waals surface area (Å²) in [6, 6.07) is 9.00. The lowest BCUT2D eigenvalue weighted by atomic mass is 9.84. The van der Waals surface area contributed by atoms with Crippen LogP contribution in [0.15, 0.2) is 28.7 Å². The molecule has 2 heteroatoms. The minimum atomic E-state index is 0.601. The summed E-state index contributed by atoms with van der Waals surface area (Å²) in [5, 5.41) is 5.04. The molecule has 0 amide bonds. The normalized spacial score (nSPS) is 18.2. The van der Waals surface area contributed by atoms with Crippen LogP contribution in [0.5, 0.6) is 0 Å². The molecule has 1 atom stereocenters. The van der Waals surface area contributed by atoms with E-state index in [9.17, 15) is 0 Å². The number of hydrogen-bond donors (Lipinski definition) is 1. The van der Waals surface area contributed by atoms with Crippen LogP contribution in [0.3, 0.4) is 0 Å². The minimum Gasteiger partial charge on any atom is -0.461 e. The topological polar surface area (TPSA) is 25.2 Å². The van der Waals surface area contributed by atoms with Crippen molar-refractivity contribution in [2.24, 2.45) is 5.92 Å². The van der Waals surface area contributed by atoms with E-state index in [2.05, 4.69) is 37.4 Å². The molecule has 3 rings (SSSR count). The van der Waals surface area contributed by atoms with Crippen LogP contribution in [0.2, 0.25) is 0 Å². The van der Waals surface area contributed by atoms with Gasteiger partial charge in [0.1, 0.15) is 11.3 Å². The van der Waals surface area contributed by atoms with Crippen LogP contribution in [0.25, 0.3) is 11.0 Å². The van der Waals surface area contributed by atoms with Gasteiger partial charge in [-0.2, -0.15) is 0 Å². The van der Waals surface area contributed by atoms with Gasteiger partial charge < -0.3 is 9.73 Å². The smallest absolute Gasteiger partial charge is 0.134 e. The van der Waals surface area contributed by atoms with Crippen molar-refractivity contribution in [3.05, 3.63) is 35.6 Å². The highest BCUT2D eigenvalue weighted by atomic mass is 16.3. The zero-order valence-corrected chi connectivity index (χ0v) is 13.3. The largest absolute Gasteiger partial charge is 0.461 e. The lowest BCUT2D eigenvalue weighted by molar-refractivity contribution is 0.280. The molecule has 1 aliphatic rings. The Bertz CT molecular complexity index is 580. The quantitative estimate of drug-likeness (QED) is 0.831. The second kappa shape index (κ2) is 6.65. The summed E-state index contributed by atoms with van der Waals surface area (Å²) < 4.78 is 5.99. The summed E-state index contributed by atoms with van der Waals surface area (Å²) in [4.78, 5) is 0. The van der Waals surface area contributed by atoms with Gasteiger partial charge in [-0.15, -0.1) is 0 Å². The van der Waals surface area contributed by atoms with Crippen LogP contribution in [0.4, 0.5) is 0 Å². The predicted octanol–water partition coefficient (Wildman–Crippen LogP) is 5.05. The number of fused-ring (bicyclic) bond motifs is 1. The van der Waals surface area contributed by atoms with E-state index in [0.29, 0.717) is 6.04 Å². The Balaban J connectivity index is 1.72. The lowest BCUT2D eigenvalue weighted by Gasteiger charge is -2.28. The third-order valence-corrected chi connectivity index (χ3v) is 5.06. The maximum Gasteiger partial charge on any atom is 0.134 e. The van der Waals surface area contributed by atoms with E-state index < -0.39 is 0 Å². The van der Waals surface area contributed by atoms with E-state index in [0.717, 1.165) is 30.2 Å². The van der Waals surface area contributed by atoms with Gasteiger partial charge in [0.25, 0.3) is 0 Å². The number of para-hydroxylation sites is 1. The fourth-order valence-corrected chi connectivity index (χ4v) is 3.69. The van der Waals surface area contributed by atoms with E-state index in [1.54, 1.807) is 0 Å². The fourth-order valence-electron chi connectivity index (χ4n) is 3.69. The van der Waals surface area contributed by atoms with Crippen LogP contribution in [-0.4, -0.2) is 6.04 Å². The van der Waals surface area contributed by atoms with Crippen molar-refractivity contribution in [2.75, 3.05) is 0 Å². The first-order chi connectivity index (χ1) is 10.3. The van der Waals surface area contributed by atoms with Crippen LogP contribution in [0.1, 0.15) is 57.3 Å². The fraction of sp³-hybridized carbons (Fsp3) is 0.579. The summed E-state index contributed by atoms with van der Waals surface area (Å²) in [5.74, 6) is 1.99. The standard InChI is InChI=1S/C19H27NO/c1-3-18-17(16-11-7-8-12-19(16)21-18)13-20-14(2)15-9-5-4-6-10-15/h7-8,11-12,14-15,20H,3-6,9-10,13H2,1-2H3/t14-/m0/s1. The highest BCUT2D eigenvalue weighted by Gasteiger charge is 2.20. The third-order valence-electron chi connectivity index (χ3n) is 5.06. The summed E-state index contributed by atoms with van der Waals surface area (Å²) in [7, 11) is 0. The third kappa shape index (κ3) is 3.16. The Kier molecular flexibility index (Phi) is 4.64. The molecule has 1 aromatic heterocycles. The van der Waals surface area contributed by atoms with Crippen molar-refractivity contribution in [3.8, 4) is 0 Å². The number of hydrogen-bond acceptors (Lipinski definition) is 2. The highest BCUT2D eigenvalue weighted by molar-refractivity contribution is 5.82. The molecule has 1 aromatic carbocycles. The van der Waals surface area contributed by atoms with Crippen molar-refractivity contribution in [1.82, 2.24) is 5.32 Å². The Morgan fingerprint density at radius 1 is 1.19 bits per heavy atom. The van der Waals surface area contributed by atoms with Gasteiger partial charge in [-0.3, -0.25) is 0 Å². The van der Waals surface area contributed by atoms with E-state index in [4.69, 9.17) is 4.42 Å². The first-order valence-electron chi connectivity index (χ1n) is 8.52. The maximum absolute atomic E-state index is 5.99. The maximum atomic E-state index is 5.99. The van der Waals surface area contributed by atoms with Gasteiger partial charge in [-0.05, 0) is 31.7 Å². The van der Waals surface area contributed by atoms with Crippen molar-refractivity contribution >= 4 is 11.0 Å². The number of rotatable bonds is 5. The molecule has 0 unspecified atom stereocenters. The molecule has 0 aliphatic heterocycles. The molecule has 0 radical (unpaired) electrons. The average molecular weight is 285 g/mol. The number of benzene rings is 1. The number of aryl methyl sites for hydroxylation is 1. The number of nitrogens with one attached hydrogen (secondary N) is 1. The van der Waals surface area contributed by atoms with Crippen molar-refractivity contribution in [2.45, 2.75) is 65.0 Å². The molecule has 0 saturated heterocycles. The zero-order chi connectivity index (χ0) is 14.7. The molecule has 114 valence electrons. The number of furan rings is 1. The van der Waals surface area contributed by atoms with Gasteiger partial charge in [0.2, 0.25) is 0 Å². The molecule has 21 heavy (non-hydrogen) atoms. The van der Waals surface area contributed by atoms with Gasteiger partial charge in [-0.1, -0.05) is 44.4 Å². The molecule has 2 nitrogen and oxygen atoms in total. The Morgan fingerprint density at radius 3 is 2.71 bits per heavy atom. The Hall–Kier alpha value is -1.28. The summed E-state index contributed by atoms with van der Waals surface area (Å²) in [5.41, 5.74) is 2.38. The van der Waals surface area contributed by atoms with Gasteiger partial charge in [0.05, 0.1) is 0 Å². The summed E-state index contributed by atoms with van der Waals surface area (Å²) in [6.07, 6.45) is 7.98. The second-order valence-electron chi connectivity index (χ2n) is 6.42. The van der Waals surface area contributed by atoms with Crippen molar-refractivity contribution in [1.29, 1.82) is 0 Å². The zero-order valence-electron chi connectivity index (χ0n) is 13.3.